The zero-order valence-corrected chi connectivity index (χ0v) is 7.55. The molecule has 0 bridgehead atoms. The zero-order chi connectivity index (χ0) is 8.01. The van der Waals surface area contributed by atoms with Crippen LogP contribution in [0, 0.1) is 13.8 Å². The third-order valence-electron chi connectivity index (χ3n) is 2.27. The molecule has 2 rings (SSSR count). The van der Waals surface area contributed by atoms with E-state index in [1.54, 1.807) is 11.3 Å². The lowest BCUT2D eigenvalue weighted by Gasteiger charge is -1.87. The summed E-state index contributed by atoms with van der Waals surface area (Å²) in [7, 11) is 0. The summed E-state index contributed by atoms with van der Waals surface area (Å²) in [6.45, 7) is 4.15. The lowest BCUT2D eigenvalue weighted by molar-refractivity contribution is 0.0994. The van der Waals surface area contributed by atoms with Crippen molar-refractivity contribution in [1.29, 1.82) is 0 Å². The molecule has 11 heavy (non-hydrogen) atoms. The second kappa shape index (κ2) is 2.18. The smallest absolute Gasteiger partial charge is 0.164 e. The fourth-order valence-electron chi connectivity index (χ4n) is 1.76. The number of carbonyl (C=O) groups excluding carboxylic acids is 1. The molecule has 1 aromatic heterocycles. The second-order valence-corrected chi connectivity index (χ2v) is 4.42. The van der Waals surface area contributed by atoms with Crippen LogP contribution in [0.15, 0.2) is 0 Å². The average Bonchev–Trinajstić information content (AvgIpc) is 2.41. The van der Waals surface area contributed by atoms with E-state index in [1.165, 1.54) is 15.3 Å². The largest absolute Gasteiger partial charge is 0.294 e. The van der Waals surface area contributed by atoms with Gasteiger partial charge >= 0.3 is 0 Å². The highest BCUT2D eigenvalue weighted by molar-refractivity contribution is 7.12. The maximum Gasteiger partial charge on any atom is 0.164 e. The Labute approximate surface area is 70.1 Å². The molecule has 0 unspecified atom stereocenters. The van der Waals surface area contributed by atoms with Gasteiger partial charge < -0.3 is 0 Å². The molecule has 1 aliphatic carbocycles. The minimum atomic E-state index is 0.349. The molecule has 0 aliphatic heterocycles. The molecule has 0 amide bonds. The van der Waals surface area contributed by atoms with E-state index in [0.29, 0.717) is 5.78 Å². The van der Waals surface area contributed by atoms with Crippen LogP contribution in [0.4, 0.5) is 0 Å². The fourth-order valence-corrected chi connectivity index (χ4v) is 2.89. The van der Waals surface area contributed by atoms with Crippen LogP contribution in [0.2, 0.25) is 0 Å². The summed E-state index contributed by atoms with van der Waals surface area (Å²) in [5.41, 5.74) is 2.35. The van der Waals surface area contributed by atoms with Crippen molar-refractivity contribution in [2.24, 2.45) is 0 Å². The van der Waals surface area contributed by atoms with E-state index in [0.717, 1.165) is 18.4 Å². The number of ketones is 1. The first kappa shape index (κ1) is 7.04. The summed E-state index contributed by atoms with van der Waals surface area (Å²) in [6.07, 6.45) is 1.71. The Balaban J connectivity index is 2.69. The first-order chi connectivity index (χ1) is 5.20. The van der Waals surface area contributed by atoms with Gasteiger partial charge in [-0.3, -0.25) is 4.79 Å². The molecule has 1 aliphatic rings. The lowest BCUT2D eigenvalue weighted by atomic mass is 10.1. The van der Waals surface area contributed by atoms with Crippen LogP contribution in [0.1, 0.15) is 32.1 Å². The number of hydrogen-bond acceptors (Lipinski definition) is 2. The summed E-state index contributed by atoms with van der Waals surface area (Å²) >= 11 is 1.75. The number of hydrogen-bond donors (Lipinski definition) is 0. The highest BCUT2D eigenvalue weighted by Crippen LogP contribution is 2.33. The Kier molecular flexibility index (Phi) is 1.39. The molecule has 1 nitrogen and oxygen atoms in total. The van der Waals surface area contributed by atoms with Gasteiger partial charge in [-0.05, 0) is 25.8 Å². The van der Waals surface area contributed by atoms with E-state index in [-0.39, 0.29) is 0 Å². The third-order valence-corrected chi connectivity index (χ3v) is 3.33. The minimum Gasteiger partial charge on any atom is -0.294 e. The first-order valence-corrected chi connectivity index (χ1v) is 4.64. The first-order valence-electron chi connectivity index (χ1n) is 3.82. The molecule has 0 saturated carbocycles. The SMILES string of the molecule is Cc1sc(C)c2c1CCC2=O. The number of rotatable bonds is 0. The summed E-state index contributed by atoms with van der Waals surface area (Å²) < 4.78 is 0. The van der Waals surface area contributed by atoms with Gasteiger partial charge in [0.2, 0.25) is 0 Å². The van der Waals surface area contributed by atoms with Gasteiger partial charge in [0, 0.05) is 21.7 Å². The average molecular weight is 166 g/mol. The fraction of sp³-hybridized carbons (Fsp3) is 0.444. The highest BCUT2D eigenvalue weighted by atomic mass is 32.1. The van der Waals surface area contributed by atoms with Crippen LogP contribution < -0.4 is 0 Å². The third kappa shape index (κ3) is 0.857. The molecule has 1 aromatic rings. The topological polar surface area (TPSA) is 17.1 Å². The molecular weight excluding hydrogens is 156 g/mol. The lowest BCUT2D eigenvalue weighted by Crippen LogP contribution is -1.90. The number of Topliss-reactive ketones (excluding diaryl/α,β-unsaturated/α-hetero) is 1. The molecule has 1 heterocycles. The number of aryl methyl sites for hydroxylation is 2. The predicted molar refractivity (Wildman–Crippen MR) is 46.4 cm³/mol. The van der Waals surface area contributed by atoms with E-state index in [9.17, 15) is 4.79 Å². The molecule has 0 atom stereocenters. The van der Waals surface area contributed by atoms with Crippen LogP contribution >= 0.6 is 11.3 Å². The van der Waals surface area contributed by atoms with Gasteiger partial charge in [-0.25, -0.2) is 0 Å². The Bertz CT molecular complexity index is 323. The van der Waals surface area contributed by atoms with Crippen LogP contribution in [0.5, 0.6) is 0 Å². The molecule has 0 aromatic carbocycles. The van der Waals surface area contributed by atoms with E-state index >= 15 is 0 Å². The number of carbonyl (C=O) groups is 1. The van der Waals surface area contributed by atoms with Gasteiger partial charge in [0.1, 0.15) is 0 Å². The summed E-state index contributed by atoms with van der Waals surface area (Å²) in [5.74, 6) is 0.349. The molecule has 2 heteroatoms. The van der Waals surface area contributed by atoms with Gasteiger partial charge in [-0.2, -0.15) is 0 Å². The summed E-state index contributed by atoms with van der Waals surface area (Å²) in [5, 5.41) is 0. The van der Waals surface area contributed by atoms with Crippen molar-refractivity contribution in [2.45, 2.75) is 26.7 Å². The van der Waals surface area contributed by atoms with Crippen molar-refractivity contribution in [1.82, 2.24) is 0 Å². The van der Waals surface area contributed by atoms with Crippen molar-refractivity contribution < 1.29 is 4.79 Å². The van der Waals surface area contributed by atoms with Crippen molar-refractivity contribution >= 4 is 17.1 Å². The standard InChI is InChI=1S/C9H10OS/c1-5-7-3-4-8(10)9(7)6(2)11-5/h3-4H2,1-2H3. The summed E-state index contributed by atoms with van der Waals surface area (Å²) in [6, 6.07) is 0. The Morgan fingerprint density at radius 2 is 1.91 bits per heavy atom. The van der Waals surface area contributed by atoms with Crippen LogP contribution in [-0.4, -0.2) is 5.78 Å². The maximum atomic E-state index is 11.3. The van der Waals surface area contributed by atoms with Crippen LogP contribution in [0.25, 0.3) is 0 Å². The molecule has 58 valence electrons. The quantitative estimate of drug-likeness (QED) is 0.578. The van der Waals surface area contributed by atoms with Crippen LogP contribution in [0.3, 0.4) is 0 Å². The van der Waals surface area contributed by atoms with Gasteiger partial charge in [0.15, 0.2) is 5.78 Å². The number of fused-ring (bicyclic) bond motifs is 1. The molecule has 0 saturated heterocycles. The molecule has 0 spiro atoms. The Hall–Kier alpha value is -0.630. The normalized spacial score (nSPS) is 15.6. The zero-order valence-electron chi connectivity index (χ0n) is 6.73. The second-order valence-electron chi connectivity index (χ2n) is 2.99. The van der Waals surface area contributed by atoms with Gasteiger partial charge in [0.05, 0.1) is 0 Å². The van der Waals surface area contributed by atoms with Crippen molar-refractivity contribution in [2.75, 3.05) is 0 Å². The predicted octanol–water partition coefficient (Wildman–Crippen LogP) is 2.49. The van der Waals surface area contributed by atoms with Crippen molar-refractivity contribution in [3.8, 4) is 0 Å². The van der Waals surface area contributed by atoms with Gasteiger partial charge in [-0.15, -0.1) is 11.3 Å². The molecule has 0 radical (unpaired) electrons. The van der Waals surface area contributed by atoms with Crippen LogP contribution in [-0.2, 0) is 6.42 Å². The van der Waals surface area contributed by atoms with Crippen molar-refractivity contribution in [3.05, 3.63) is 20.9 Å². The van der Waals surface area contributed by atoms with E-state index in [2.05, 4.69) is 6.92 Å². The highest BCUT2D eigenvalue weighted by Gasteiger charge is 2.24. The maximum absolute atomic E-state index is 11.3. The molecule has 0 fully saturated rings. The van der Waals surface area contributed by atoms with E-state index in [1.807, 2.05) is 6.92 Å². The minimum absolute atomic E-state index is 0.349. The monoisotopic (exact) mass is 166 g/mol. The molecular formula is C9H10OS. The van der Waals surface area contributed by atoms with Crippen molar-refractivity contribution in [3.63, 3.8) is 0 Å². The Morgan fingerprint density at radius 3 is 2.55 bits per heavy atom. The van der Waals surface area contributed by atoms with E-state index < -0.39 is 0 Å². The molecule has 0 N–H and O–H groups in total. The van der Waals surface area contributed by atoms with Gasteiger partial charge in [0.25, 0.3) is 0 Å². The Morgan fingerprint density at radius 1 is 1.18 bits per heavy atom. The van der Waals surface area contributed by atoms with E-state index in [4.69, 9.17) is 0 Å². The summed E-state index contributed by atoms with van der Waals surface area (Å²) in [4.78, 5) is 13.9. The van der Waals surface area contributed by atoms with Gasteiger partial charge in [-0.1, -0.05) is 0 Å². The number of thiophene rings is 1.